The summed E-state index contributed by atoms with van der Waals surface area (Å²) >= 11 is 0. The number of fused-ring (bicyclic) bond motifs is 14. The van der Waals surface area contributed by atoms with E-state index in [1.54, 1.807) is 44.9 Å². The van der Waals surface area contributed by atoms with Crippen molar-refractivity contribution >= 4 is 40.3 Å². The number of piperazine rings is 1. The SMILES string of the molecule is CO[C@@H]1C=CO[C@@]2(C)Oc3c(C)c(O)c4c(O)c(c(C=NN5CCN(Cc6ccccc6)CC5)c(O)c4c3C2=O)NC(=O)C(C)=CC=C[C@H](C)[C@H](O)[C@H](C)[C@H](O)[C@H](C)[C@H](OC(C)=O)[C@H]1C. The lowest BCUT2D eigenvalue weighted by molar-refractivity contribution is -0.160. The number of ether oxygens (including phenoxy) is 4. The van der Waals surface area contributed by atoms with Gasteiger partial charge in [0, 0.05) is 93.9 Å². The van der Waals surface area contributed by atoms with Crippen LogP contribution in [0.1, 0.15) is 75.5 Å². The highest BCUT2D eigenvalue weighted by molar-refractivity contribution is 6.23. The molecule has 9 atom stereocenters. The van der Waals surface area contributed by atoms with E-state index in [1.807, 2.05) is 18.2 Å². The molecular formula is C49H62N4O12. The highest BCUT2D eigenvalue weighted by atomic mass is 16.7. The quantitative estimate of drug-likeness (QED) is 0.0734. The van der Waals surface area contributed by atoms with Crippen molar-refractivity contribution in [1.29, 1.82) is 0 Å². The molecule has 3 aromatic carbocycles. The van der Waals surface area contributed by atoms with E-state index >= 15 is 0 Å². The van der Waals surface area contributed by atoms with Gasteiger partial charge >= 0.3 is 11.8 Å². The smallest absolute Gasteiger partial charge is 0.312 e. The number of aromatic hydroxyl groups is 3. The monoisotopic (exact) mass is 898 g/mol. The molecule has 0 aromatic heterocycles. The number of allylic oxidation sites excluding steroid dienone is 2. The first kappa shape index (κ1) is 48.5. The summed E-state index contributed by atoms with van der Waals surface area (Å²) in [6.07, 6.45) is 4.87. The summed E-state index contributed by atoms with van der Waals surface area (Å²) in [4.78, 5) is 43.1. The molecule has 0 spiro atoms. The molecule has 65 heavy (non-hydrogen) atoms. The van der Waals surface area contributed by atoms with Gasteiger partial charge in [-0.15, -0.1) is 0 Å². The van der Waals surface area contributed by atoms with Crippen LogP contribution in [0, 0.1) is 30.6 Å². The zero-order chi connectivity index (χ0) is 47.5. The molecular weight excluding hydrogens is 837 g/mol. The third kappa shape index (κ3) is 10.0. The van der Waals surface area contributed by atoms with Crippen LogP contribution >= 0.6 is 0 Å². The van der Waals surface area contributed by atoms with Crippen LogP contribution in [0.25, 0.3) is 10.8 Å². The first-order valence-electron chi connectivity index (χ1n) is 21.9. The summed E-state index contributed by atoms with van der Waals surface area (Å²) in [5.41, 5.74) is 0.808. The second-order valence-corrected chi connectivity index (χ2v) is 17.6. The topological polar surface area (TPSA) is 220 Å². The van der Waals surface area contributed by atoms with E-state index in [2.05, 4.69) is 27.5 Å². The van der Waals surface area contributed by atoms with Gasteiger partial charge in [0.15, 0.2) is 5.75 Å². The number of Topliss-reactive ketones (excluding diaryl/α,β-unsaturated/α-hetero) is 1. The Kier molecular flexibility index (Phi) is 15.0. The number of hydrazone groups is 1. The minimum Gasteiger partial charge on any atom is -0.507 e. The molecule has 16 nitrogen and oxygen atoms in total. The molecule has 0 unspecified atom stereocenters. The van der Waals surface area contributed by atoms with Crippen molar-refractivity contribution in [3.8, 4) is 23.0 Å². The van der Waals surface area contributed by atoms with Crippen molar-refractivity contribution in [3.63, 3.8) is 0 Å². The van der Waals surface area contributed by atoms with Gasteiger partial charge in [-0.2, -0.15) is 5.10 Å². The van der Waals surface area contributed by atoms with Gasteiger partial charge in [0.05, 0.1) is 53.0 Å². The van der Waals surface area contributed by atoms with E-state index in [0.29, 0.717) is 26.2 Å². The number of hydrogen-bond acceptors (Lipinski definition) is 15. The normalized spacial score (nSPS) is 28.4. The van der Waals surface area contributed by atoms with E-state index < -0.39 is 88.8 Å². The maximum Gasteiger partial charge on any atom is 0.312 e. The number of methoxy groups -OCH3 is 1. The van der Waals surface area contributed by atoms with Crippen LogP contribution < -0.4 is 10.1 Å². The zero-order valence-electron chi connectivity index (χ0n) is 38.4. The van der Waals surface area contributed by atoms with Gasteiger partial charge in [-0.1, -0.05) is 76.3 Å². The third-order valence-corrected chi connectivity index (χ3v) is 13.0. The zero-order valence-corrected chi connectivity index (χ0v) is 38.4. The number of esters is 1. The lowest BCUT2D eigenvalue weighted by Crippen LogP contribution is -2.46. The molecule has 1 fully saturated rings. The summed E-state index contributed by atoms with van der Waals surface area (Å²) in [6.45, 7) is 15.8. The van der Waals surface area contributed by atoms with Gasteiger partial charge < -0.3 is 49.8 Å². The van der Waals surface area contributed by atoms with Gasteiger partial charge in [0.2, 0.25) is 0 Å². The Bertz CT molecular complexity index is 2390. The Labute approximate surface area is 379 Å². The highest BCUT2D eigenvalue weighted by Crippen LogP contribution is 2.55. The first-order chi connectivity index (χ1) is 30.8. The number of aliphatic hydroxyl groups excluding tert-OH is 2. The number of nitrogens with one attached hydrogen (secondary N) is 1. The van der Waals surface area contributed by atoms with Gasteiger partial charge in [-0.25, -0.2) is 0 Å². The molecule has 4 aliphatic heterocycles. The molecule has 16 heteroatoms. The number of carbonyl (C=O) groups is 3. The molecule has 1 amide bonds. The van der Waals surface area contributed by atoms with E-state index in [-0.39, 0.29) is 44.5 Å². The molecule has 4 aliphatic rings. The van der Waals surface area contributed by atoms with E-state index in [9.17, 15) is 39.9 Å². The van der Waals surface area contributed by atoms with Crippen molar-refractivity contribution in [1.82, 2.24) is 9.91 Å². The van der Waals surface area contributed by atoms with Crippen LogP contribution in [0.5, 0.6) is 23.0 Å². The number of carbonyl (C=O) groups excluding carboxylic acids is 3. The summed E-state index contributed by atoms with van der Waals surface area (Å²) in [7, 11) is 1.44. The number of amides is 1. The van der Waals surface area contributed by atoms with Crippen LogP contribution in [0.4, 0.5) is 5.69 Å². The molecule has 0 radical (unpaired) electrons. The Morgan fingerprint density at radius 1 is 0.923 bits per heavy atom. The average Bonchev–Trinajstić information content (AvgIpc) is 3.55. The molecule has 0 aliphatic carbocycles. The van der Waals surface area contributed by atoms with Crippen LogP contribution in [-0.4, -0.2) is 123 Å². The second-order valence-electron chi connectivity index (χ2n) is 17.6. The maximum atomic E-state index is 14.6. The molecule has 3 aromatic rings. The van der Waals surface area contributed by atoms with Crippen molar-refractivity contribution in [2.75, 3.05) is 38.6 Å². The first-order valence-corrected chi connectivity index (χ1v) is 21.9. The molecule has 0 saturated carbocycles. The van der Waals surface area contributed by atoms with E-state index in [1.165, 1.54) is 65.0 Å². The summed E-state index contributed by atoms with van der Waals surface area (Å²) < 4.78 is 23.7. The largest absolute Gasteiger partial charge is 0.507 e. The molecule has 6 N–H and O–H groups in total. The number of aliphatic hydroxyl groups is 2. The van der Waals surface area contributed by atoms with E-state index in [4.69, 9.17) is 18.9 Å². The Hall–Kier alpha value is -5.94. The van der Waals surface area contributed by atoms with E-state index in [0.717, 1.165) is 6.54 Å². The fourth-order valence-electron chi connectivity index (χ4n) is 8.86. The second kappa shape index (κ2) is 20.1. The summed E-state index contributed by atoms with van der Waals surface area (Å²) in [5, 5.41) is 67.5. The number of hydrogen-bond donors (Lipinski definition) is 6. The Morgan fingerprint density at radius 2 is 1.60 bits per heavy atom. The number of phenolic OH excluding ortho intramolecular Hbond substituents is 3. The van der Waals surface area contributed by atoms with Crippen LogP contribution in [0.15, 0.2) is 71.6 Å². The van der Waals surface area contributed by atoms with Crippen LogP contribution in [0.2, 0.25) is 0 Å². The number of benzene rings is 3. The standard InChI is InChI=1S/C49H62N4O12/c1-26-14-13-15-27(2)48(61)51-39-34(24-50-53-21-19-52(20-22-53)25-33-16-11-10-12-17-33)43(58)36-37(44(39)59)42(57)31(6)46-38(36)47(60)49(8,65-46)63-23-18-35(62-9)28(3)45(64-32(7)54)30(5)41(56)29(4)40(26)55/h10-18,23-24,26,28-30,35,40-41,45,55-59H,19-22,25H2,1-9H3,(H,51,61)/t26-,28-,29-,30-,35+,40-,41-,45+,49-/m0/s1. The Morgan fingerprint density at radius 3 is 2.25 bits per heavy atom. The number of rotatable bonds is 6. The van der Waals surface area contributed by atoms with Crippen molar-refractivity contribution in [2.45, 2.75) is 92.1 Å². The molecule has 7 rings (SSSR count). The molecule has 350 valence electrons. The highest BCUT2D eigenvalue weighted by Gasteiger charge is 2.50. The minimum atomic E-state index is -2.06. The number of nitrogens with zero attached hydrogens (tertiary/aromatic N) is 3. The van der Waals surface area contributed by atoms with Crippen molar-refractivity contribution in [2.24, 2.45) is 28.8 Å². The lowest BCUT2D eigenvalue weighted by atomic mass is 9.78. The number of anilines is 1. The van der Waals surface area contributed by atoms with Crippen LogP contribution in [0.3, 0.4) is 0 Å². The third-order valence-electron chi connectivity index (χ3n) is 13.0. The van der Waals surface area contributed by atoms with Gasteiger partial charge in [0.1, 0.15) is 23.4 Å². The fraction of sp³-hybridized carbons (Fsp3) is 0.469. The molecule has 5 bridgehead atoms. The number of ketones is 1. The lowest BCUT2D eigenvalue weighted by Gasteiger charge is -2.38. The molecule has 1 saturated heterocycles. The van der Waals surface area contributed by atoms with Gasteiger partial charge in [0.25, 0.3) is 11.7 Å². The van der Waals surface area contributed by atoms with Crippen LogP contribution in [-0.2, 0) is 30.3 Å². The van der Waals surface area contributed by atoms with Crippen molar-refractivity contribution in [3.05, 3.63) is 88.7 Å². The summed E-state index contributed by atoms with van der Waals surface area (Å²) in [6, 6.07) is 10.1. The predicted octanol–water partition coefficient (Wildman–Crippen LogP) is 5.91. The fourth-order valence-corrected chi connectivity index (χ4v) is 8.86. The number of phenols is 3. The van der Waals surface area contributed by atoms with Gasteiger partial charge in [-0.05, 0) is 25.5 Å². The van der Waals surface area contributed by atoms with Crippen molar-refractivity contribution < 1.29 is 58.9 Å². The maximum absolute atomic E-state index is 14.6. The predicted molar refractivity (Wildman–Crippen MR) is 245 cm³/mol. The Balaban J connectivity index is 1.46. The summed E-state index contributed by atoms with van der Waals surface area (Å²) in [5.74, 6) is -8.42. The molecule has 4 heterocycles. The van der Waals surface area contributed by atoms with Gasteiger partial charge in [-0.3, -0.25) is 24.3 Å². The average molecular weight is 899 g/mol. The minimum absolute atomic E-state index is 0.0522.